The van der Waals surface area contributed by atoms with Crippen LogP contribution in [0.5, 0.6) is 5.75 Å². The van der Waals surface area contributed by atoms with Crippen molar-refractivity contribution in [3.8, 4) is 5.75 Å². The molecule has 1 aliphatic heterocycles. The molecular weight excluding hydrogens is 558 g/mol. The van der Waals surface area contributed by atoms with Crippen LogP contribution in [0.25, 0.3) is 0 Å². The normalized spacial score (nSPS) is 18.7. The van der Waals surface area contributed by atoms with Gasteiger partial charge in [0.1, 0.15) is 32.9 Å². The minimum Gasteiger partial charge on any atom is -0.458 e. The summed E-state index contributed by atoms with van der Waals surface area (Å²) in [6.07, 6.45) is 0.509. The molecular formula is C26H37N5O7S2. The van der Waals surface area contributed by atoms with Gasteiger partial charge in [-0.25, -0.2) is 18.0 Å². The van der Waals surface area contributed by atoms with Gasteiger partial charge in [0, 0.05) is 33.4 Å². The summed E-state index contributed by atoms with van der Waals surface area (Å²) in [7, 11) is 1.83. The summed E-state index contributed by atoms with van der Waals surface area (Å²) in [5, 5.41) is 4.12. The first-order chi connectivity index (χ1) is 18.4. The van der Waals surface area contributed by atoms with Gasteiger partial charge < -0.3 is 14.4 Å². The molecule has 0 bridgehead atoms. The molecule has 0 radical (unpaired) electrons. The van der Waals surface area contributed by atoms with Gasteiger partial charge in [-0.3, -0.25) is 18.7 Å². The van der Waals surface area contributed by atoms with Crippen LogP contribution in [0, 0.1) is 0 Å². The fourth-order valence-corrected chi connectivity index (χ4v) is 7.11. The van der Waals surface area contributed by atoms with E-state index in [0.29, 0.717) is 12.3 Å². The van der Waals surface area contributed by atoms with Crippen LogP contribution in [0.2, 0.25) is 0 Å². The molecule has 1 aromatic heterocycles. The monoisotopic (exact) mass is 595 g/mol. The average molecular weight is 596 g/mol. The third-order valence-electron chi connectivity index (χ3n) is 6.38. The summed E-state index contributed by atoms with van der Waals surface area (Å²) in [6.45, 7) is 8.87. The first kappa shape index (κ1) is 31.4. The predicted molar refractivity (Wildman–Crippen MR) is 152 cm³/mol. The van der Waals surface area contributed by atoms with Crippen LogP contribution in [-0.4, -0.2) is 95.8 Å². The number of amides is 1. The summed E-state index contributed by atoms with van der Waals surface area (Å²) in [4.78, 5) is 40.8. The highest BCUT2D eigenvalue weighted by Gasteiger charge is 2.47. The van der Waals surface area contributed by atoms with E-state index in [4.69, 9.17) is 9.47 Å². The number of Topliss-reactive ketones (excluding diaryl/α,β-unsaturated/α-hetero) is 1. The van der Waals surface area contributed by atoms with Crippen molar-refractivity contribution in [2.75, 3.05) is 37.7 Å². The van der Waals surface area contributed by atoms with Crippen molar-refractivity contribution in [1.29, 1.82) is 0 Å². The Balaban J connectivity index is 2.13. The van der Waals surface area contributed by atoms with E-state index in [-0.39, 0.29) is 22.0 Å². The Morgan fingerprint density at radius 2 is 1.73 bits per heavy atom. The quantitative estimate of drug-likeness (QED) is 0.331. The molecule has 0 saturated carbocycles. The van der Waals surface area contributed by atoms with Crippen molar-refractivity contribution in [2.24, 2.45) is 7.05 Å². The average Bonchev–Trinajstić information content (AvgIpc) is 3.41. The fraction of sp³-hybridized carbons (Fsp3) is 0.538. The predicted octanol–water partition coefficient (Wildman–Crippen LogP) is 2.98. The van der Waals surface area contributed by atoms with Gasteiger partial charge in [-0.05, 0) is 65.9 Å². The van der Waals surface area contributed by atoms with Crippen molar-refractivity contribution in [3.05, 3.63) is 36.2 Å². The number of benzene rings is 1. The molecule has 14 heteroatoms. The van der Waals surface area contributed by atoms with Crippen LogP contribution in [0.4, 0.5) is 10.5 Å². The molecule has 0 N–H and O–H groups in total. The van der Waals surface area contributed by atoms with Gasteiger partial charge in [-0.1, -0.05) is 0 Å². The molecule has 220 valence electrons. The largest absolute Gasteiger partial charge is 0.458 e. The molecule has 0 spiro atoms. The number of carbonyl (C=O) groups is 3. The Hall–Kier alpha value is -3.10. The molecule has 1 aromatic carbocycles. The van der Waals surface area contributed by atoms with Crippen molar-refractivity contribution < 1.29 is 32.3 Å². The molecule has 2 heterocycles. The summed E-state index contributed by atoms with van der Waals surface area (Å²) in [6, 6.07) is 4.34. The molecule has 1 amide bonds. The summed E-state index contributed by atoms with van der Waals surface area (Å²) >= 11 is 1.43. The lowest BCUT2D eigenvalue weighted by Crippen LogP contribution is -2.47. The Morgan fingerprint density at radius 1 is 1.12 bits per heavy atom. The van der Waals surface area contributed by atoms with Crippen LogP contribution >= 0.6 is 11.8 Å². The number of ketones is 1. The zero-order valence-electron chi connectivity index (χ0n) is 24.3. The Kier molecular flexibility index (Phi) is 8.97. The van der Waals surface area contributed by atoms with E-state index in [1.165, 1.54) is 73.7 Å². The third-order valence-corrected chi connectivity index (χ3v) is 9.72. The maximum absolute atomic E-state index is 14.3. The van der Waals surface area contributed by atoms with Gasteiger partial charge in [0.05, 0.1) is 11.9 Å². The highest BCUT2D eigenvalue weighted by molar-refractivity contribution is 8.01. The van der Waals surface area contributed by atoms with Crippen molar-refractivity contribution in [3.63, 3.8) is 0 Å². The minimum absolute atomic E-state index is 0.0957. The number of sulfonamides is 1. The van der Waals surface area contributed by atoms with E-state index in [9.17, 15) is 22.8 Å². The van der Waals surface area contributed by atoms with Crippen LogP contribution in [-0.2, 0) is 26.6 Å². The summed E-state index contributed by atoms with van der Waals surface area (Å²) < 4.78 is 41.6. The van der Waals surface area contributed by atoms with E-state index < -0.39 is 44.4 Å². The number of nitrogens with zero attached hydrogens (tertiary/aromatic N) is 5. The first-order valence-electron chi connectivity index (χ1n) is 12.6. The van der Waals surface area contributed by atoms with E-state index in [1.54, 1.807) is 27.7 Å². The number of ether oxygens (including phenoxy) is 2. The van der Waals surface area contributed by atoms with Crippen LogP contribution < -0.4 is 9.04 Å². The number of thioether (sulfide) groups is 1. The van der Waals surface area contributed by atoms with Gasteiger partial charge in [-0.15, -0.1) is 11.8 Å². The number of hydrogen-bond acceptors (Lipinski definition) is 10. The summed E-state index contributed by atoms with van der Waals surface area (Å²) in [5.74, 6) is -0.303. The van der Waals surface area contributed by atoms with Crippen molar-refractivity contribution >= 4 is 45.3 Å². The number of aromatic nitrogens is 2. The maximum atomic E-state index is 14.3. The standard InChI is InChI=1S/C26H37N5O7S2/c1-17(23(33)38-25(2,3)4)31(18-10-12-19(13-11-18)37-24(34)28(6)7)40(35,36)20-16-27-30(9)21(20)22(32)26(5)29(8)14-15-39-26/h10-13,16-17H,14-15H2,1-9H3/t17?,26-/m0/s1. The van der Waals surface area contributed by atoms with E-state index in [2.05, 4.69) is 5.10 Å². The van der Waals surface area contributed by atoms with Gasteiger partial charge in [0.15, 0.2) is 0 Å². The second-order valence-corrected chi connectivity index (χ2v) is 14.1. The number of likely N-dealkylation sites (N-methyl/N-ethyl adjacent to an activating group) is 1. The lowest BCUT2D eigenvalue weighted by atomic mass is 10.1. The van der Waals surface area contributed by atoms with E-state index in [1.807, 2.05) is 11.9 Å². The fourth-order valence-electron chi connectivity index (χ4n) is 4.04. The third kappa shape index (κ3) is 6.28. The number of esters is 1. The number of rotatable bonds is 8. The molecule has 40 heavy (non-hydrogen) atoms. The lowest BCUT2D eigenvalue weighted by Gasteiger charge is -2.32. The first-order valence-corrected chi connectivity index (χ1v) is 15.0. The smallest absolute Gasteiger partial charge is 0.414 e. The minimum atomic E-state index is -4.55. The molecule has 2 atom stereocenters. The molecule has 1 saturated heterocycles. The van der Waals surface area contributed by atoms with Crippen molar-refractivity contribution in [2.45, 2.75) is 56.0 Å². The Labute approximate surface area is 239 Å². The molecule has 1 aliphatic rings. The SMILES string of the molecule is CC(C(=O)OC(C)(C)C)N(c1ccc(OC(=O)N(C)C)cc1)S(=O)(=O)c1cnn(C)c1C(=O)[C@]1(C)SCCN1C. The molecule has 3 rings (SSSR count). The van der Waals surface area contributed by atoms with Gasteiger partial charge in [-0.2, -0.15) is 5.10 Å². The second kappa shape index (κ2) is 11.4. The van der Waals surface area contributed by atoms with Crippen LogP contribution in [0.15, 0.2) is 35.4 Å². The molecule has 2 aromatic rings. The highest BCUT2D eigenvalue weighted by Crippen LogP contribution is 2.39. The highest BCUT2D eigenvalue weighted by atomic mass is 32.2. The van der Waals surface area contributed by atoms with Gasteiger partial charge in [0.25, 0.3) is 10.0 Å². The number of anilines is 1. The molecule has 1 unspecified atom stereocenters. The van der Waals surface area contributed by atoms with Gasteiger partial charge in [0.2, 0.25) is 5.78 Å². The number of carbonyl (C=O) groups excluding carboxylic acids is 3. The molecule has 1 fully saturated rings. The van der Waals surface area contributed by atoms with Crippen LogP contribution in [0.3, 0.4) is 0 Å². The van der Waals surface area contributed by atoms with Crippen LogP contribution in [0.1, 0.15) is 45.1 Å². The number of hydrogen-bond donors (Lipinski definition) is 0. The topological polar surface area (TPSA) is 131 Å². The lowest BCUT2D eigenvalue weighted by molar-refractivity contribution is -0.155. The maximum Gasteiger partial charge on any atom is 0.414 e. The Bertz CT molecular complexity index is 1380. The molecule has 0 aliphatic carbocycles. The zero-order valence-corrected chi connectivity index (χ0v) is 25.9. The van der Waals surface area contributed by atoms with Gasteiger partial charge >= 0.3 is 12.1 Å². The van der Waals surface area contributed by atoms with E-state index >= 15 is 0 Å². The number of aryl methyl sites for hydroxylation is 1. The molecule has 12 nitrogen and oxygen atoms in total. The van der Waals surface area contributed by atoms with Crippen molar-refractivity contribution in [1.82, 2.24) is 19.6 Å². The second-order valence-electron chi connectivity index (χ2n) is 10.8. The zero-order chi connectivity index (χ0) is 30.2. The van der Waals surface area contributed by atoms with E-state index in [0.717, 1.165) is 10.5 Å². The Morgan fingerprint density at radius 3 is 2.23 bits per heavy atom. The summed E-state index contributed by atoms with van der Waals surface area (Å²) in [5.41, 5.74) is -0.871.